The summed E-state index contributed by atoms with van der Waals surface area (Å²) in [5.41, 5.74) is 2.74. The molecule has 204 valence electrons. The smallest absolute Gasteiger partial charge is 0.323 e. The lowest BCUT2D eigenvalue weighted by Crippen LogP contribution is -2.63. The van der Waals surface area contributed by atoms with Crippen LogP contribution in [0.25, 0.3) is 5.57 Å². The number of likely N-dealkylation sites (tertiary alicyclic amines) is 1. The van der Waals surface area contributed by atoms with Gasteiger partial charge in [-0.2, -0.15) is 0 Å². The molecule has 0 unspecified atom stereocenters. The zero-order chi connectivity index (χ0) is 27.4. The highest BCUT2D eigenvalue weighted by Gasteiger charge is 2.55. The summed E-state index contributed by atoms with van der Waals surface area (Å²) in [5, 5.41) is 2.80. The zero-order valence-corrected chi connectivity index (χ0v) is 22.2. The molecule has 1 saturated carbocycles. The molecule has 5 nitrogen and oxygen atoms in total. The molecule has 0 aromatic heterocycles. The molecule has 40 heavy (non-hydrogen) atoms. The number of rotatable bonds is 5. The third-order valence-corrected chi connectivity index (χ3v) is 9.33. The van der Waals surface area contributed by atoms with Gasteiger partial charge < -0.3 is 15.1 Å². The number of amides is 3. The van der Waals surface area contributed by atoms with Crippen molar-refractivity contribution in [2.75, 3.05) is 11.9 Å². The summed E-state index contributed by atoms with van der Waals surface area (Å²) in [6.45, 7) is 0.581. The molecule has 3 atom stereocenters. The van der Waals surface area contributed by atoms with E-state index in [4.69, 9.17) is 0 Å². The minimum absolute atomic E-state index is 0.0557. The van der Waals surface area contributed by atoms with E-state index in [9.17, 15) is 14.0 Å². The van der Waals surface area contributed by atoms with Gasteiger partial charge in [0, 0.05) is 24.4 Å². The molecule has 1 saturated heterocycles. The van der Waals surface area contributed by atoms with Crippen LogP contribution in [0, 0.1) is 17.6 Å². The Bertz CT molecular complexity index is 1500. The number of benzene rings is 3. The minimum Gasteiger partial charge on any atom is -0.334 e. The molecule has 2 aliphatic carbocycles. The number of hydrogen-bond acceptors (Lipinski definition) is 2. The standard InChI is InChI=1S/C33H31F2N3O2/c34-26-13-14-27-29(30(26)35)33(15-7-8-16-33)38(32(40)36-27)28(17-21-9-3-1-4-10-21)31(39)37-20-23-18-24(37)19-25(23)22-11-5-2-6-12-22/h1-6,9-14,19,23-24,28H,7-8,15-18,20H2,(H,36,40)/t23-,24-,28+/m1/s1. The Morgan fingerprint density at radius 3 is 2.35 bits per heavy atom. The van der Waals surface area contributed by atoms with Crippen LogP contribution in [0.4, 0.5) is 19.3 Å². The number of nitrogens with zero attached hydrogens (tertiary/aromatic N) is 2. The topological polar surface area (TPSA) is 52.7 Å². The first-order valence-electron chi connectivity index (χ1n) is 14.2. The summed E-state index contributed by atoms with van der Waals surface area (Å²) < 4.78 is 30.2. The fraction of sp³-hybridized carbons (Fsp3) is 0.333. The zero-order valence-electron chi connectivity index (χ0n) is 22.2. The predicted octanol–water partition coefficient (Wildman–Crippen LogP) is 6.51. The van der Waals surface area contributed by atoms with E-state index in [1.54, 1.807) is 4.90 Å². The fourth-order valence-corrected chi connectivity index (χ4v) is 7.62. The van der Waals surface area contributed by atoms with Crippen LogP contribution in [0.1, 0.15) is 48.8 Å². The van der Waals surface area contributed by atoms with Crippen LogP contribution >= 0.6 is 0 Å². The molecule has 1 N–H and O–H groups in total. The van der Waals surface area contributed by atoms with Crippen molar-refractivity contribution in [2.45, 2.75) is 56.1 Å². The largest absolute Gasteiger partial charge is 0.334 e. The van der Waals surface area contributed by atoms with E-state index in [0.29, 0.717) is 31.5 Å². The van der Waals surface area contributed by atoms with E-state index in [-0.39, 0.29) is 23.4 Å². The molecule has 7 heteroatoms. The highest BCUT2D eigenvalue weighted by Crippen LogP contribution is 2.52. The minimum atomic E-state index is -1.08. The first-order valence-corrected chi connectivity index (χ1v) is 14.2. The maximum atomic E-state index is 15.5. The molecule has 3 aromatic carbocycles. The van der Waals surface area contributed by atoms with Gasteiger partial charge in [0.1, 0.15) is 6.04 Å². The van der Waals surface area contributed by atoms with Crippen LogP contribution in [0.3, 0.4) is 0 Å². The van der Waals surface area contributed by atoms with Gasteiger partial charge >= 0.3 is 6.03 Å². The number of hydrogen-bond donors (Lipinski definition) is 1. The molecule has 2 fully saturated rings. The van der Waals surface area contributed by atoms with Crippen LogP contribution in [0.2, 0.25) is 0 Å². The second-order valence-corrected chi connectivity index (χ2v) is 11.5. The monoisotopic (exact) mass is 539 g/mol. The van der Waals surface area contributed by atoms with Crippen LogP contribution in [-0.2, 0) is 16.8 Å². The van der Waals surface area contributed by atoms with Crippen molar-refractivity contribution in [1.82, 2.24) is 9.80 Å². The molecule has 2 aliphatic heterocycles. The van der Waals surface area contributed by atoms with Gasteiger partial charge in [0.2, 0.25) is 5.91 Å². The summed E-state index contributed by atoms with van der Waals surface area (Å²) >= 11 is 0. The lowest BCUT2D eigenvalue weighted by Gasteiger charge is -2.50. The van der Waals surface area contributed by atoms with Gasteiger partial charge in [-0.1, -0.05) is 79.6 Å². The van der Waals surface area contributed by atoms with Gasteiger partial charge in [-0.05, 0) is 48.1 Å². The van der Waals surface area contributed by atoms with Crippen LogP contribution in [0.15, 0.2) is 78.9 Å². The van der Waals surface area contributed by atoms with Crippen LogP contribution < -0.4 is 5.32 Å². The van der Waals surface area contributed by atoms with Gasteiger partial charge in [0.25, 0.3) is 0 Å². The van der Waals surface area contributed by atoms with Crippen molar-refractivity contribution in [3.05, 3.63) is 107 Å². The Kier molecular flexibility index (Phi) is 5.99. The molecule has 2 bridgehead atoms. The molecule has 1 spiro atoms. The van der Waals surface area contributed by atoms with Crippen LogP contribution in [-0.4, -0.2) is 40.4 Å². The second-order valence-electron chi connectivity index (χ2n) is 11.5. The molecule has 7 rings (SSSR count). The van der Waals surface area contributed by atoms with Crippen molar-refractivity contribution in [3.8, 4) is 0 Å². The van der Waals surface area contributed by atoms with Crippen LogP contribution in [0.5, 0.6) is 0 Å². The summed E-state index contributed by atoms with van der Waals surface area (Å²) in [6, 6.07) is 21.0. The summed E-state index contributed by atoms with van der Waals surface area (Å²) in [5.74, 6) is -1.79. The normalized spacial score (nSPS) is 23.2. The maximum Gasteiger partial charge on any atom is 0.323 e. The van der Waals surface area contributed by atoms with Gasteiger partial charge in [0.05, 0.1) is 17.3 Å². The number of nitrogens with one attached hydrogen (secondary N) is 1. The summed E-state index contributed by atoms with van der Waals surface area (Å²) in [7, 11) is 0. The van der Waals surface area contributed by atoms with E-state index in [2.05, 4.69) is 23.5 Å². The summed E-state index contributed by atoms with van der Waals surface area (Å²) in [6.07, 6.45) is 5.84. The quantitative estimate of drug-likeness (QED) is 0.402. The van der Waals surface area contributed by atoms with Crippen molar-refractivity contribution in [1.29, 1.82) is 0 Å². The molecule has 4 aliphatic rings. The van der Waals surface area contributed by atoms with E-state index in [1.165, 1.54) is 17.2 Å². The van der Waals surface area contributed by atoms with Crippen molar-refractivity contribution < 1.29 is 18.4 Å². The number of carbonyl (C=O) groups is 2. The van der Waals surface area contributed by atoms with E-state index in [1.807, 2.05) is 53.4 Å². The Hall–Kier alpha value is -4.00. The number of halogens is 2. The maximum absolute atomic E-state index is 15.5. The van der Waals surface area contributed by atoms with Gasteiger partial charge in [0.15, 0.2) is 11.6 Å². The first kappa shape index (κ1) is 25.0. The lowest BCUT2D eigenvalue weighted by atomic mass is 9.81. The van der Waals surface area contributed by atoms with Crippen molar-refractivity contribution >= 4 is 23.2 Å². The predicted molar refractivity (Wildman–Crippen MR) is 149 cm³/mol. The highest BCUT2D eigenvalue weighted by atomic mass is 19.2. The van der Waals surface area contributed by atoms with Crippen molar-refractivity contribution in [2.24, 2.45) is 5.92 Å². The SMILES string of the molecule is O=C([C@H](Cc1ccccc1)N1C(=O)Nc2ccc(F)c(F)c2C12CCCC2)N1C[C@H]2C[C@@H]1C=C2c1ccccc1. The second kappa shape index (κ2) is 9.58. The Morgan fingerprint density at radius 2 is 1.68 bits per heavy atom. The Labute approximate surface area is 232 Å². The average molecular weight is 540 g/mol. The van der Waals surface area contributed by atoms with Gasteiger partial charge in [-0.25, -0.2) is 13.6 Å². The molecular formula is C33H31F2N3O2. The lowest BCUT2D eigenvalue weighted by molar-refractivity contribution is -0.138. The van der Waals surface area contributed by atoms with Gasteiger partial charge in [-0.15, -0.1) is 0 Å². The fourth-order valence-electron chi connectivity index (χ4n) is 7.62. The molecule has 0 radical (unpaired) electrons. The third-order valence-electron chi connectivity index (χ3n) is 9.33. The molecule has 2 heterocycles. The number of anilines is 1. The van der Waals surface area contributed by atoms with E-state index in [0.717, 1.165) is 30.9 Å². The Morgan fingerprint density at radius 1 is 0.975 bits per heavy atom. The van der Waals surface area contributed by atoms with Gasteiger partial charge in [-0.3, -0.25) is 4.79 Å². The molecular weight excluding hydrogens is 508 g/mol. The highest BCUT2D eigenvalue weighted by molar-refractivity contribution is 5.98. The van der Waals surface area contributed by atoms with E-state index >= 15 is 4.39 Å². The Balaban J connectivity index is 1.30. The molecule has 3 aromatic rings. The third kappa shape index (κ3) is 3.86. The molecule has 3 amide bonds. The average Bonchev–Trinajstić information content (AvgIpc) is 3.72. The number of carbonyl (C=O) groups excluding carboxylic acids is 2. The summed E-state index contributed by atoms with van der Waals surface area (Å²) in [4.78, 5) is 31.9. The number of urea groups is 1. The number of fused-ring (bicyclic) bond motifs is 4. The van der Waals surface area contributed by atoms with Crippen molar-refractivity contribution in [3.63, 3.8) is 0 Å². The van der Waals surface area contributed by atoms with E-state index < -0.39 is 29.2 Å². The first-order chi connectivity index (χ1) is 19.5.